The van der Waals surface area contributed by atoms with Gasteiger partial charge < -0.3 is 5.11 Å². The minimum atomic E-state index is -0.587. The molecule has 1 N–H and O–H groups in total. The van der Waals surface area contributed by atoms with Crippen LogP contribution in [-0.4, -0.2) is 16.6 Å². The molecule has 76 valence electrons. The van der Waals surface area contributed by atoms with E-state index in [9.17, 15) is 15.2 Å². The number of hydrogen-bond donors (Lipinski definition) is 1. The number of benzene rings is 1. The fourth-order valence-corrected chi connectivity index (χ4v) is 1.26. The number of nitro groups is 1. The van der Waals surface area contributed by atoms with Gasteiger partial charge in [-0.05, 0) is 12.0 Å². The molecule has 4 nitrogen and oxygen atoms in total. The molecule has 0 bridgehead atoms. The number of hydrogen-bond acceptors (Lipinski definition) is 3. The van der Waals surface area contributed by atoms with Gasteiger partial charge in [0.05, 0.1) is 6.10 Å². The molecular weight excluding hydrogens is 182 g/mol. The third-order valence-corrected chi connectivity index (χ3v) is 2.00. The average Bonchev–Trinajstić information content (AvgIpc) is 2.18. The molecule has 0 aliphatic rings. The maximum atomic E-state index is 10.0. The van der Waals surface area contributed by atoms with Crippen LogP contribution in [0.4, 0.5) is 0 Å². The summed E-state index contributed by atoms with van der Waals surface area (Å²) in [6, 6.07) is 9.18. The van der Waals surface area contributed by atoms with Gasteiger partial charge in [0.25, 0.3) is 0 Å². The van der Waals surface area contributed by atoms with Crippen LogP contribution >= 0.6 is 0 Å². The lowest BCUT2D eigenvalue weighted by Gasteiger charge is -2.08. The van der Waals surface area contributed by atoms with Gasteiger partial charge in [0.2, 0.25) is 6.54 Å². The van der Waals surface area contributed by atoms with Crippen molar-refractivity contribution < 1.29 is 10.0 Å². The van der Waals surface area contributed by atoms with Crippen molar-refractivity contribution in [1.29, 1.82) is 0 Å². The van der Waals surface area contributed by atoms with Crippen molar-refractivity contribution in [2.75, 3.05) is 6.54 Å². The molecule has 0 saturated heterocycles. The fraction of sp³-hybridized carbons (Fsp3) is 0.400. The molecule has 0 radical (unpaired) electrons. The Labute approximate surface area is 82.3 Å². The van der Waals surface area contributed by atoms with Gasteiger partial charge in [-0.2, -0.15) is 0 Å². The number of rotatable bonds is 5. The van der Waals surface area contributed by atoms with Gasteiger partial charge in [0.1, 0.15) is 0 Å². The highest BCUT2D eigenvalue weighted by molar-refractivity contribution is 5.16. The molecule has 0 heterocycles. The Hall–Kier alpha value is -1.42. The van der Waals surface area contributed by atoms with Gasteiger partial charge in [-0.3, -0.25) is 10.1 Å². The maximum Gasteiger partial charge on any atom is 0.204 e. The van der Waals surface area contributed by atoms with Crippen molar-refractivity contribution in [2.24, 2.45) is 0 Å². The SMILES string of the molecule is O=[N+]([O-])CCC[C@@H](O)c1ccccc1. The van der Waals surface area contributed by atoms with Crippen LogP contribution < -0.4 is 0 Å². The monoisotopic (exact) mass is 195 g/mol. The maximum absolute atomic E-state index is 10.0. The minimum Gasteiger partial charge on any atom is -0.388 e. The molecule has 1 aromatic carbocycles. The molecule has 1 atom stereocenters. The fourth-order valence-electron chi connectivity index (χ4n) is 1.26. The second-order valence-corrected chi connectivity index (χ2v) is 3.13. The molecule has 0 unspecified atom stereocenters. The number of nitrogens with zero attached hydrogens (tertiary/aromatic N) is 1. The summed E-state index contributed by atoms with van der Waals surface area (Å²) >= 11 is 0. The molecule has 0 fully saturated rings. The van der Waals surface area contributed by atoms with E-state index in [0.29, 0.717) is 12.8 Å². The quantitative estimate of drug-likeness (QED) is 0.575. The summed E-state index contributed by atoms with van der Waals surface area (Å²) in [7, 11) is 0. The van der Waals surface area contributed by atoms with E-state index in [0.717, 1.165) is 5.56 Å². The summed E-state index contributed by atoms with van der Waals surface area (Å²) in [4.78, 5) is 9.68. The van der Waals surface area contributed by atoms with Crippen molar-refractivity contribution >= 4 is 0 Å². The molecule has 0 saturated carbocycles. The summed E-state index contributed by atoms with van der Waals surface area (Å²) in [6.45, 7) is -0.0795. The Morgan fingerprint density at radius 3 is 2.57 bits per heavy atom. The molecule has 0 aliphatic carbocycles. The normalized spacial score (nSPS) is 12.4. The smallest absolute Gasteiger partial charge is 0.204 e. The summed E-state index contributed by atoms with van der Waals surface area (Å²) < 4.78 is 0. The number of aliphatic hydroxyl groups is 1. The predicted octanol–water partition coefficient (Wildman–Crippen LogP) is 1.78. The van der Waals surface area contributed by atoms with E-state index in [2.05, 4.69) is 0 Å². The van der Waals surface area contributed by atoms with Crippen molar-refractivity contribution in [1.82, 2.24) is 0 Å². The predicted molar refractivity (Wildman–Crippen MR) is 52.5 cm³/mol. The third kappa shape index (κ3) is 3.53. The second kappa shape index (κ2) is 5.34. The second-order valence-electron chi connectivity index (χ2n) is 3.13. The van der Waals surface area contributed by atoms with Crippen LogP contribution in [0.5, 0.6) is 0 Å². The lowest BCUT2D eigenvalue weighted by atomic mass is 10.1. The zero-order valence-corrected chi connectivity index (χ0v) is 7.80. The van der Waals surface area contributed by atoms with E-state index in [1.54, 1.807) is 0 Å². The minimum absolute atomic E-state index is 0.0795. The zero-order valence-electron chi connectivity index (χ0n) is 7.80. The molecule has 1 aromatic rings. The first kappa shape index (κ1) is 10.7. The summed E-state index contributed by atoms with van der Waals surface area (Å²) in [6.07, 6.45) is 0.254. The van der Waals surface area contributed by atoms with Gasteiger partial charge in [-0.1, -0.05) is 30.3 Å². The van der Waals surface area contributed by atoms with Crippen LogP contribution in [0.2, 0.25) is 0 Å². The van der Waals surface area contributed by atoms with Gasteiger partial charge in [0, 0.05) is 11.3 Å². The molecule has 0 aliphatic heterocycles. The zero-order chi connectivity index (χ0) is 10.4. The van der Waals surface area contributed by atoms with Crippen LogP contribution in [0.1, 0.15) is 24.5 Å². The first-order valence-electron chi connectivity index (χ1n) is 4.55. The highest BCUT2D eigenvalue weighted by Gasteiger charge is 2.07. The van der Waals surface area contributed by atoms with Gasteiger partial charge in [-0.15, -0.1) is 0 Å². The molecular formula is C10H13NO3. The van der Waals surface area contributed by atoms with E-state index in [4.69, 9.17) is 0 Å². The van der Waals surface area contributed by atoms with Gasteiger partial charge in [-0.25, -0.2) is 0 Å². The first-order chi connectivity index (χ1) is 6.70. The van der Waals surface area contributed by atoms with Crippen molar-refractivity contribution in [2.45, 2.75) is 18.9 Å². The summed E-state index contributed by atoms with van der Waals surface area (Å²) in [5, 5.41) is 19.7. The molecule has 4 heteroatoms. The summed E-state index contributed by atoms with van der Waals surface area (Å²) in [5.41, 5.74) is 0.816. The van der Waals surface area contributed by atoms with Crippen molar-refractivity contribution in [3.63, 3.8) is 0 Å². The van der Waals surface area contributed by atoms with Gasteiger partial charge in [0.15, 0.2) is 0 Å². The van der Waals surface area contributed by atoms with Crippen LogP contribution in [0.25, 0.3) is 0 Å². The Balaban J connectivity index is 2.36. The van der Waals surface area contributed by atoms with E-state index < -0.39 is 6.10 Å². The average molecular weight is 195 g/mol. The van der Waals surface area contributed by atoms with Gasteiger partial charge >= 0.3 is 0 Å². The molecule has 1 rings (SSSR count). The topological polar surface area (TPSA) is 63.4 Å². The Kier molecular flexibility index (Phi) is 4.07. The van der Waals surface area contributed by atoms with Crippen LogP contribution in [-0.2, 0) is 0 Å². The number of aliphatic hydroxyl groups excluding tert-OH is 1. The standard InChI is InChI=1S/C10H13NO3/c12-10(7-4-8-11(13)14)9-5-2-1-3-6-9/h1-3,5-6,10,12H,4,7-8H2/t10-/m1/s1. The van der Waals surface area contributed by atoms with E-state index in [1.807, 2.05) is 30.3 Å². The highest BCUT2D eigenvalue weighted by Crippen LogP contribution is 2.17. The van der Waals surface area contributed by atoms with E-state index in [-0.39, 0.29) is 11.5 Å². The van der Waals surface area contributed by atoms with Crippen LogP contribution in [0.15, 0.2) is 30.3 Å². The largest absolute Gasteiger partial charge is 0.388 e. The van der Waals surface area contributed by atoms with Crippen molar-refractivity contribution in [3.05, 3.63) is 46.0 Å². The van der Waals surface area contributed by atoms with E-state index >= 15 is 0 Å². The summed E-state index contributed by atoms with van der Waals surface area (Å²) in [5.74, 6) is 0. The lowest BCUT2D eigenvalue weighted by molar-refractivity contribution is -0.480. The Morgan fingerprint density at radius 2 is 2.00 bits per heavy atom. The molecule has 14 heavy (non-hydrogen) atoms. The molecule has 0 aromatic heterocycles. The third-order valence-electron chi connectivity index (χ3n) is 2.00. The molecule has 0 amide bonds. The highest BCUT2D eigenvalue weighted by atomic mass is 16.6. The lowest BCUT2D eigenvalue weighted by Crippen LogP contribution is -2.04. The first-order valence-corrected chi connectivity index (χ1v) is 4.55. The Bertz CT molecular complexity index is 287. The van der Waals surface area contributed by atoms with E-state index in [1.165, 1.54) is 0 Å². The van der Waals surface area contributed by atoms with Crippen LogP contribution in [0, 0.1) is 10.1 Å². The molecule has 0 spiro atoms. The van der Waals surface area contributed by atoms with Crippen LogP contribution in [0.3, 0.4) is 0 Å². The van der Waals surface area contributed by atoms with Crippen molar-refractivity contribution in [3.8, 4) is 0 Å². The Morgan fingerprint density at radius 1 is 1.36 bits per heavy atom.